The Kier molecular flexibility index (Phi) is 20.1. The summed E-state index contributed by atoms with van der Waals surface area (Å²) in [5.41, 5.74) is 4.13. The van der Waals surface area contributed by atoms with Crippen LogP contribution >= 0.6 is 0 Å². The number of benzene rings is 4. The Morgan fingerprint density at radius 2 is 0.513 bits per heavy atom. The number of phenols is 4. The topological polar surface area (TPSA) is 80.9 Å². The Balaban J connectivity index is 0. The highest BCUT2D eigenvalue weighted by Gasteiger charge is 2.22. The quantitative estimate of drug-likeness (QED) is 0.211. The summed E-state index contributed by atoms with van der Waals surface area (Å²) < 4.78 is 0. The molecule has 214 valence electrons. The van der Waals surface area contributed by atoms with E-state index in [0.717, 1.165) is 22.3 Å². The average Bonchev–Trinajstić information content (AvgIpc) is 2.99. The largest absolute Gasteiger partial charge is 0.508 e. The smallest absolute Gasteiger partial charge is 0.115 e. The van der Waals surface area contributed by atoms with Crippen LogP contribution in [0.4, 0.5) is 0 Å². The molecule has 0 aromatic heterocycles. The van der Waals surface area contributed by atoms with Crippen molar-refractivity contribution >= 4 is 0 Å². The van der Waals surface area contributed by atoms with Crippen molar-refractivity contribution in [2.75, 3.05) is 0 Å². The number of rotatable bonds is 3. The minimum Gasteiger partial charge on any atom is -0.508 e. The molecule has 4 heteroatoms. The molecule has 4 rings (SSSR count). The standard InChI is InChI=1S/C15H16O2.C12H10O2.4C2H6/c1-15(2,11-3-7-13(16)8-4-11)12-5-9-14(17)10-6-12;13-11-5-1-9(2-6-11)10-3-7-12(14)8-4-10;4*1-2/h3-10,16-17H,1-2H3;1-8,13-14H;4*1-2H3. The maximum Gasteiger partial charge on any atom is 0.115 e. The van der Waals surface area contributed by atoms with Gasteiger partial charge in [-0.05, 0) is 70.8 Å². The van der Waals surface area contributed by atoms with Gasteiger partial charge in [0.2, 0.25) is 0 Å². The van der Waals surface area contributed by atoms with Crippen molar-refractivity contribution in [1.29, 1.82) is 0 Å². The van der Waals surface area contributed by atoms with Gasteiger partial charge >= 0.3 is 0 Å². The lowest BCUT2D eigenvalue weighted by molar-refractivity contribution is 0.473. The first-order valence-electron chi connectivity index (χ1n) is 13.9. The van der Waals surface area contributed by atoms with E-state index < -0.39 is 0 Å². The minimum atomic E-state index is -0.151. The fourth-order valence-corrected chi connectivity index (χ4v) is 3.23. The number of hydrogen-bond donors (Lipinski definition) is 4. The zero-order valence-corrected chi connectivity index (χ0v) is 25.5. The average molecular weight is 535 g/mol. The zero-order chi connectivity index (χ0) is 30.4. The fourth-order valence-electron chi connectivity index (χ4n) is 3.23. The van der Waals surface area contributed by atoms with Crippen LogP contribution in [0.25, 0.3) is 11.1 Å². The van der Waals surface area contributed by atoms with E-state index in [1.165, 1.54) is 0 Å². The van der Waals surface area contributed by atoms with Crippen molar-refractivity contribution in [2.24, 2.45) is 0 Å². The molecule has 4 nitrogen and oxygen atoms in total. The van der Waals surface area contributed by atoms with Gasteiger partial charge in [0.1, 0.15) is 23.0 Å². The summed E-state index contributed by atoms with van der Waals surface area (Å²) in [6, 6.07) is 28.3. The van der Waals surface area contributed by atoms with Gasteiger partial charge in [-0.3, -0.25) is 0 Å². The van der Waals surface area contributed by atoms with Gasteiger partial charge in [0.25, 0.3) is 0 Å². The van der Waals surface area contributed by atoms with Gasteiger partial charge in [0.05, 0.1) is 0 Å². The van der Waals surface area contributed by atoms with Crippen LogP contribution in [-0.4, -0.2) is 20.4 Å². The first-order valence-corrected chi connectivity index (χ1v) is 13.9. The van der Waals surface area contributed by atoms with E-state index in [0.29, 0.717) is 0 Å². The van der Waals surface area contributed by atoms with E-state index in [1.54, 1.807) is 48.5 Å². The van der Waals surface area contributed by atoms with Crippen molar-refractivity contribution in [3.8, 4) is 34.1 Å². The summed E-state index contributed by atoms with van der Waals surface area (Å²) in [4.78, 5) is 0. The van der Waals surface area contributed by atoms with Crippen LogP contribution in [0.1, 0.15) is 80.4 Å². The van der Waals surface area contributed by atoms with Crippen LogP contribution in [0.5, 0.6) is 23.0 Å². The molecule has 0 bridgehead atoms. The Hall–Kier alpha value is -3.92. The van der Waals surface area contributed by atoms with Crippen molar-refractivity contribution < 1.29 is 20.4 Å². The van der Waals surface area contributed by atoms with Crippen molar-refractivity contribution in [3.05, 3.63) is 108 Å². The lowest BCUT2D eigenvalue weighted by atomic mass is 9.78. The summed E-state index contributed by atoms with van der Waals surface area (Å²) >= 11 is 0. The van der Waals surface area contributed by atoms with Gasteiger partial charge in [-0.1, -0.05) is 118 Å². The molecule has 0 spiro atoms. The first kappa shape index (κ1) is 37.2. The number of phenolic OH excluding ortho intramolecular Hbond substituents is 4. The fraction of sp³-hybridized carbons (Fsp3) is 0.314. The molecule has 0 saturated heterocycles. The van der Waals surface area contributed by atoms with E-state index in [2.05, 4.69) is 13.8 Å². The molecule has 39 heavy (non-hydrogen) atoms. The maximum absolute atomic E-state index is 9.30. The second kappa shape index (κ2) is 21.1. The van der Waals surface area contributed by atoms with Gasteiger partial charge in [0, 0.05) is 5.41 Å². The van der Waals surface area contributed by atoms with Crippen molar-refractivity contribution in [2.45, 2.75) is 74.7 Å². The lowest BCUT2D eigenvalue weighted by Gasteiger charge is -2.26. The maximum atomic E-state index is 9.30. The van der Waals surface area contributed by atoms with Gasteiger partial charge in [-0.15, -0.1) is 0 Å². The zero-order valence-electron chi connectivity index (χ0n) is 25.5. The second-order valence-electron chi connectivity index (χ2n) is 7.81. The summed E-state index contributed by atoms with van der Waals surface area (Å²) in [7, 11) is 0. The van der Waals surface area contributed by atoms with Crippen LogP contribution < -0.4 is 0 Å². The highest BCUT2D eigenvalue weighted by atomic mass is 16.3. The second-order valence-corrected chi connectivity index (χ2v) is 7.81. The van der Waals surface area contributed by atoms with Gasteiger partial charge in [0.15, 0.2) is 0 Å². The molecule has 0 aliphatic heterocycles. The predicted octanol–water partition coefficient (Wildman–Crippen LogP) is 10.3. The van der Waals surface area contributed by atoms with E-state index in [-0.39, 0.29) is 28.4 Å². The van der Waals surface area contributed by atoms with Crippen LogP contribution in [0.15, 0.2) is 97.1 Å². The molecule has 0 fully saturated rings. The third-order valence-electron chi connectivity index (χ3n) is 5.25. The molecule has 4 aromatic rings. The molecular formula is C35H50O4. The Morgan fingerprint density at radius 1 is 0.333 bits per heavy atom. The molecule has 0 amide bonds. The monoisotopic (exact) mass is 534 g/mol. The van der Waals surface area contributed by atoms with Crippen LogP contribution in [0.3, 0.4) is 0 Å². The molecule has 0 unspecified atom stereocenters. The molecule has 0 heterocycles. The number of hydrogen-bond acceptors (Lipinski definition) is 4. The third-order valence-corrected chi connectivity index (χ3v) is 5.25. The van der Waals surface area contributed by atoms with Crippen LogP contribution in [0.2, 0.25) is 0 Å². The van der Waals surface area contributed by atoms with Crippen molar-refractivity contribution in [3.63, 3.8) is 0 Å². The van der Waals surface area contributed by atoms with E-state index in [9.17, 15) is 10.2 Å². The van der Waals surface area contributed by atoms with E-state index in [1.807, 2.05) is 104 Å². The van der Waals surface area contributed by atoms with E-state index >= 15 is 0 Å². The summed E-state index contributed by atoms with van der Waals surface area (Å²) in [6.07, 6.45) is 0. The summed E-state index contributed by atoms with van der Waals surface area (Å²) in [6.45, 7) is 20.2. The highest BCUT2D eigenvalue weighted by molar-refractivity contribution is 5.64. The van der Waals surface area contributed by atoms with Gasteiger partial charge in [-0.2, -0.15) is 0 Å². The third kappa shape index (κ3) is 12.9. The molecule has 0 aliphatic rings. The lowest BCUT2D eigenvalue weighted by Crippen LogP contribution is -2.18. The highest BCUT2D eigenvalue weighted by Crippen LogP contribution is 2.33. The molecule has 0 saturated carbocycles. The number of aromatic hydroxyl groups is 4. The van der Waals surface area contributed by atoms with Crippen LogP contribution in [0, 0.1) is 0 Å². The normalized spacial score (nSPS) is 9.18. The Morgan fingerprint density at radius 3 is 0.718 bits per heavy atom. The molecule has 0 atom stereocenters. The van der Waals surface area contributed by atoms with Crippen molar-refractivity contribution in [1.82, 2.24) is 0 Å². The Bertz CT molecular complexity index is 1010. The Labute approximate surface area is 237 Å². The van der Waals surface area contributed by atoms with Gasteiger partial charge < -0.3 is 20.4 Å². The molecule has 4 N–H and O–H groups in total. The summed E-state index contributed by atoms with van der Waals surface area (Å²) in [5.74, 6) is 1.06. The molecule has 0 aliphatic carbocycles. The molecular weight excluding hydrogens is 484 g/mol. The first-order chi connectivity index (χ1) is 18.8. The molecule has 4 aromatic carbocycles. The van der Waals surface area contributed by atoms with E-state index in [4.69, 9.17) is 10.2 Å². The SMILES string of the molecule is CC.CC.CC.CC.CC(C)(c1ccc(O)cc1)c1ccc(O)cc1.Oc1ccc(-c2ccc(O)cc2)cc1. The van der Waals surface area contributed by atoms with Gasteiger partial charge in [-0.25, -0.2) is 0 Å². The predicted molar refractivity (Wildman–Crippen MR) is 169 cm³/mol. The van der Waals surface area contributed by atoms with Crippen LogP contribution in [-0.2, 0) is 5.41 Å². The minimum absolute atomic E-state index is 0.151. The molecule has 0 radical (unpaired) electrons. The summed E-state index contributed by atoms with van der Waals surface area (Å²) in [5, 5.41) is 36.8.